The first-order valence-corrected chi connectivity index (χ1v) is 12.6. The average molecular weight is 680 g/mol. The van der Waals surface area contributed by atoms with E-state index in [1.165, 1.54) is 0 Å². The van der Waals surface area contributed by atoms with E-state index in [1.54, 1.807) is 0 Å². The van der Waals surface area contributed by atoms with Crippen molar-refractivity contribution in [3.05, 3.63) is 180 Å². The molecule has 0 aliphatic rings. The molecule has 0 spiro atoms. The van der Waals surface area contributed by atoms with Crippen LogP contribution in [0.3, 0.4) is 0 Å². The van der Waals surface area contributed by atoms with Crippen molar-refractivity contribution in [2.24, 2.45) is 0 Å². The largest absolute Gasteiger partial charge is 2.00 e. The van der Waals surface area contributed by atoms with Gasteiger partial charge in [-0.1, -0.05) is 84.9 Å². The van der Waals surface area contributed by atoms with E-state index in [1.807, 2.05) is 72.8 Å². The van der Waals surface area contributed by atoms with Crippen LogP contribution in [-0.4, -0.2) is 9.97 Å². The number of nitrogens with zero attached hydrogens (tertiary/aromatic N) is 2. The van der Waals surface area contributed by atoms with Gasteiger partial charge in [0.2, 0.25) is 0 Å². The van der Waals surface area contributed by atoms with Gasteiger partial charge >= 0.3 is 21.1 Å². The monoisotopic (exact) mass is 679 g/mol. The van der Waals surface area contributed by atoms with Crippen LogP contribution in [0.15, 0.2) is 146 Å². The fourth-order valence-electron chi connectivity index (χ4n) is 4.61. The summed E-state index contributed by atoms with van der Waals surface area (Å²) in [5.74, 6) is 0. The SMILES string of the molecule is [Pt+2].[c-]1ccccc1-c1cccc(C(=C(c2ccccc2)c2ccccc2)c2cccc(-c3[c-]cccc3)n2)n1. The molecule has 3 heteroatoms. The Bertz CT molecular complexity index is 1550. The van der Waals surface area contributed by atoms with Crippen molar-refractivity contribution in [1.82, 2.24) is 9.97 Å². The van der Waals surface area contributed by atoms with Gasteiger partial charge in [-0.25, -0.2) is 0 Å². The zero-order valence-electron chi connectivity index (χ0n) is 21.1. The minimum absolute atomic E-state index is 0. The van der Waals surface area contributed by atoms with E-state index in [2.05, 4.69) is 84.9 Å². The second-order valence-electron chi connectivity index (χ2n) is 8.85. The molecule has 0 radical (unpaired) electrons. The van der Waals surface area contributed by atoms with Gasteiger partial charge in [0.05, 0.1) is 11.4 Å². The van der Waals surface area contributed by atoms with Crippen molar-refractivity contribution < 1.29 is 21.1 Å². The van der Waals surface area contributed by atoms with Crippen LogP contribution in [0.1, 0.15) is 22.5 Å². The first kappa shape index (κ1) is 26.2. The summed E-state index contributed by atoms with van der Waals surface area (Å²) >= 11 is 0. The first-order chi connectivity index (χ1) is 18.9. The molecule has 4 aromatic carbocycles. The van der Waals surface area contributed by atoms with E-state index >= 15 is 0 Å². The molecule has 0 N–H and O–H groups in total. The summed E-state index contributed by atoms with van der Waals surface area (Å²) in [6.07, 6.45) is 0. The van der Waals surface area contributed by atoms with Crippen LogP contribution in [0.25, 0.3) is 33.7 Å². The molecule has 0 aliphatic carbocycles. The third-order valence-electron chi connectivity index (χ3n) is 6.36. The van der Waals surface area contributed by atoms with Gasteiger partial charge in [0.15, 0.2) is 0 Å². The molecule has 39 heavy (non-hydrogen) atoms. The van der Waals surface area contributed by atoms with Crippen LogP contribution < -0.4 is 0 Å². The van der Waals surface area contributed by atoms with Crippen LogP contribution in [0.5, 0.6) is 0 Å². The van der Waals surface area contributed by atoms with Crippen molar-refractivity contribution in [2.45, 2.75) is 0 Å². The molecular weight excluding hydrogens is 655 g/mol. The molecular formula is C36H24N2Pt. The molecule has 0 bridgehead atoms. The average Bonchev–Trinajstić information content (AvgIpc) is 3.02. The molecule has 6 aromatic rings. The summed E-state index contributed by atoms with van der Waals surface area (Å²) in [6.45, 7) is 0. The van der Waals surface area contributed by atoms with Crippen LogP contribution in [0.2, 0.25) is 0 Å². The number of hydrogen-bond acceptors (Lipinski definition) is 2. The zero-order chi connectivity index (χ0) is 25.6. The zero-order valence-corrected chi connectivity index (χ0v) is 23.3. The van der Waals surface area contributed by atoms with E-state index in [0.717, 1.165) is 56.2 Å². The van der Waals surface area contributed by atoms with Gasteiger partial charge in [0.1, 0.15) is 0 Å². The standard InChI is InChI=1S/C36H24N2.Pt/c1-5-15-27(16-6-1)31-23-13-25-33(37-31)36(34-26-14-24-32(38-34)28-17-7-2-8-18-28)35(29-19-9-3-10-20-29)30-21-11-4-12-22-30;/h1-15,17,19-26H;/q-2;+2. The Balaban J connectivity index is 0.00000308. The van der Waals surface area contributed by atoms with Gasteiger partial charge in [-0.2, -0.15) is 0 Å². The minimum Gasteiger partial charge on any atom is -0.296 e. The van der Waals surface area contributed by atoms with Crippen LogP contribution in [0, 0.1) is 12.1 Å². The molecule has 0 atom stereocenters. The summed E-state index contributed by atoms with van der Waals surface area (Å²) in [5.41, 5.74) is 9.60. The van der Waals surface area contributed by atoms with Crippen LogP contribution >= 0.6 is 0 Å². The number of benzene rings is 4. The second-order valence-corrected chi connectivity index (χ2v) is 8.85. The summed E-state index contributed by atoms with van der Waals surface area (Å²) in [4.78, 5) is 10.3. The minimum atomic E-state index is 0. The third kappa shape index (κ3) is 5.87. The van der Waals surface area contributed by atoms with E-state index in [0.29, 0.717) is 0 Å². The maximum atomic E-state index is 5.16. The number of rotatable bonds is 6. The Morgan fingerprint density at radius 2 is 0.846 bits per heavy atom. The number of pyridine rings is 2. The normalized spacial score (nSPS) is 10.4. The predicted octanol–water partition coefficient (Wildman–Crippen LogP) is 8.42. The third-order valence-corrected chi connectivity index (χ3v) is 6.36. The Labute approximate surface area is 244 Å². The summed E-state index contributed by atoms with van der Waals surface area (Å²) in [5, 5.41) is 0. The molecule has 0 saturated heterocycles. The molecule has 188 valence electrons. The topological polar surface area (TPSA) is 25.8 Å². The van der Waals surface area contributed by atoms with Crippen molar-refractivity contribution in [3.8, 4) is 22.5 Å². The number of aromatic nitrogens is 2. The summed E-state index contributed by atoms with van der Waals surface area (Å²) in [6, 6.07) is 55.8. The van der Waals surface area contributed by atoms with Crippen molar-refractivity contribution >= 4 is 11.1 Å². The molecule has 2 heterocycles. The molecule has 0 unspecified atom stereocenters. The number of hydrogen-bond donors (Lipinski definition) is 0. The van der Waals surface area contributed by atoms with Gasteiger partial charge in [0, 0.05) is 11.1 Å². The van der Waals surface area contributed by atoms with Gasteiger partial charge in [-0.3, -0.25) is 9.97 Å². The Morgan fingerprint density at radius 1 is 0.410 bits per heavy atom. The van der Waals surface area contributed by atoms with Gasteiger partial charge in [-0.05, 0) is 34.6 Å². The van der Waals surface area contributed by atoms with Crippen LogP contribution in [-0.2, 0) is 21.1 Å². The Morgan fingerprint density at radius 3 is 1.26 bits per heavy atom. The molecule has 2 aromatic heterocycles. The van der Waals surface area contributed by atoms with Gasteiger partial charge in [-0.15, -0.1) is 71.8 Å². The first-order valence-electron chi connectivity index (χ1n) is 12.6. The van der Waals surface area contributed by atoms with Crippen molar-refractivity contribution in [1.29, 1.82) is 0 Å². The summed E-state index contributed by atoms with van der Waals surface area (Å²) < 4.78 is 0. The maximum Gasteiger partial charge on any atom is 2.00 e. The van der Waals surface area contributed by atoms with E-state index in [4.69, 9.17) is 9.97 Å². The van der Waals surface area contributed by atoms with E-state index < -0.39 is 0 Å². The smallest absolute Gasteiger partial charge is 0.296 e. The molecule has 0 fully saturated rings. The van der Waals surface area contributed by atoms with E-state index in [-0.39, 0.29) is 21.1 Å². The maximum absolute atomic E-state index is 5.16. The van der Waals surface area contributed by atoms with Crippen molar-refractivity contribution in [3.63, 3.8) is 0 Å². The summed E-state index contributed by atoms with van der Waals surface area (Å²) in [7, 11) is 0. The second kappa shape index (κ2) is 12.4. The Kier molecular flexibility index (Phi) is 8.36. The molecule has 6 rings (SSSR count). The van der Waals surface area contributed by atoms with Gasteiger partial charge in [0.25, 0.3) is 0 Å². The Hall–Kier alpha value is -4.39. The predicted molar refractivity (Wildman–Crippen MR) is 155 cm³/mol. The quantitative estimate of drug-likeness (QED) is 0.165. The van der Waals surface area contributed by atoms with Crippen LogP contribution in [0.4, 0.5) is 0 Å². The molecule has 0 amide bonds. The van der Waals surface area contributed by atoms with E-state index in [9.17, 15) is 0 Å². The molecule has 0 aliphatic heterocycles. The molecule has 0 saturated carbocycles. The van der Waals surface area contributed by atoms with Crippen molar-refractivity contribution in [2.75, 3.05) is 0 Å². The fraction of sp³-hybridized carbons (Fsp3) is 0. The molecule has 2 nitrogen and oxygen atoms in total. The fourth-order valence-corrected chi connectivity index (χ4v) is 4.61. The van der Waals surface area contributed by atoms with Gasteiger partial charge < -0.3 is 0 Å².